The lowest BCUT2D eigenvalue weighted by atomic mass is 10.3. The van der Waals surface area contributed by atoms with E-state index in [1.807, 2.05) is 13.8 Å². The molecule has 0 aliphatic heterocycles. The Balaban J connectivity index is 2.87. The third kappa shape index (κ3) is 3.54. The molecule has 2 N–H and O–H groups in total. The number of unbranched alkanes of at least 4 members (excludes halogenated alkanes) is 1. The van der Waals surface area contributed by atoms with Gasteiger partial charge in [-0.25, -0.2) is 8.42 Å². The van der Waals surface area contributed by atoms with E-state index in [-0.39, 0.29) is 5.03 Å². The molecular formula is C11H22N4O2S. The van der Waals surface area contributed by atoms with Crippen LogP contribution in [0.1, 0.15) is 32.3 Å². The average molecular weight is 274 g/mol. The van der Waals surface area contributed by atoms with Crippen LogP contribution in [-0.4, -0.2) is 43.1 Å². The van der Waals surface area contributed by atoms with Crippen molar-refractivity contribution in [1.29, 1.82) is 0 Å². The standard InChI is InChI=1S/C11H22N4O2S/c1-4-6-7-15(3)18(16,17)11-10(8-12-5-2)9-13-14-11/h9,12H,4-8H2,1-3H3,(H,13,14). The minimum Gasteiger partial charge on any atom is -0.313 e. The van der Waals surface area contributed by atoms with Crippen LogP contribution in [0.5, 0.6) is 0 Å². The second-order valence-corrected chi connectivity index (χ2v) is 6.17. The number of nitrogens with one attached hydrogen (secondary N) is 2. The van der Waals surface area contributed by atoms with Crippen molar-refractivity contribution in [3.63, 3.8) is 0 Å². The minimum absolute atomic E-state index is 0.196. The molecule has 0 aliphatic rings. The van der Waals surface area contributed by atoms with Gasteiger partial charge in [0.2, 0.25) is 0 Å². The fourth-order valence-corrected chi connectivity index (χ4v) is 2.87. The fraction of sp³-hybridized carbons (Fsp3) is 0.727. The summed E-state index contributed by atoms with van der Waals surface area (Å²) in [4.78, 5) is 0. The van der Waals surface area contributed by atoms with Crippen molar-refractivity contribution < 1.29 is 8.42 Å². The SMILES string of the molecule is CCCCN(C)S(=O)(=O)c1[nH]ncc1CNCC. The van der Waals surface area contributed by atoms with Crippen LogP contribution < -0.4 is 5.32 Å². The van der Waals surface area contributed by atoms with E-state index in [2.05, 4.69) is 15.5 Å². The van der Waals surface area contributed by atoms with Gasteiger partial charge in [0.1, 0.15) is 0 Å². The van der Waals surface area contributed by atoms with Crippen LogP contribution in [0.15, 0.2) is 11.2 Å². The van der Waals surface area contributed by atoms with Gasteiger partial charge in [0, 0.05) is 25.7 Å². The van der Waals surface area contributed by atoms with Gasteiger partial charge in [0.15, 0.2) is 5.03 Å². The number of hydrogen-bond acceptors (Lipinski definition) is 4. The fourth-order valence-electron chi connectivity index (χ4n) is 1.56. The molecule has 0 radical (unpaired) electrons. The maximum Gasteiger partial charge on any atom is 0.260 e. The Morgan fingerprint density at radius 1 is 1.44 bits per heavy atom. The van der Waals surface area contributed by atoms with Gasteiger partial charge >= 0.3 is 0 Å². The summed E-state index contributed by atoms with van der Waals surface area (Å²) in [5, 5.41) is 9.72. The molecule has 0 amide bonds. The van der Waals surface area contributed by atoms with Gasteiger partial charge in [0.05, 0.1) is 6.20 Å². The minimum atomic E-state index is -3.45. The molecule has 0 saturated carbocycles. The molecule has 1 aromatic heterocycles. The zero-order valence-corrected chi connectivity index (χ0v) is 12.0. The maximum absolute atomic E-state index is 12.3. The highest BCUT2D eigenvalue weighted by molar-refractivity contribution is 7.89. The highest BCUT2D eigenvalue weighted by Gasteiger charge is 2.25. The molecule has 0 bridgehead atoms. The summed E-state index contributed by atoms with van der Waals surface area (Å²) in [6.45, 7) is 5.83. The van der Waals surface area contributed by atoms with Crippen molar-refractivity contribution in [2.45, 2.75) is 38.3 Å². The topological polar surface area (TPSA) is 78.1 Å². The van der Waals surface area contributed by atoms with E-state index in [1.165, 1.54) is 4.31 Å². The van der Waals surface area contributed by atoms with E-state index in [9.17, 15) is 8.42 Å². The Morgan fingerprint density at radius 3 is 2.78 bits per heavy atom. The lowest BCUT2D eigenvalue weighted by Crippen LogP contribution is -2.29. The Morgan fingerprint density at radius 2 is 2.17 bits per heavy atom. The van der Waals surface area contributed by atoms with Crippen molar-refractivity contribution in [1.82, 2.24) is 19.8 Å². The largest absolute Gasteiger partial charge is 0.313 e. The monoisotopic (exact) mass is 274 g/mol. The smallest absolute Gasteiger partial charge is 0.260 e. The van der Waals surface area contributed by atoms with Crippen LogP contribution in [0.2, 0.25) is 0 Å². The molecule has 104 valence electrons. The number of sulfonamides is 1. The molecule has 0 spiro atoms. The van der Waals surface area contributed by atoms with Crippen LogP contribution in [0, 0.1) is 0 Å². The molecule has 0 atom stereocenters. The first kappa shape index (κ1) is 15.1. The number of H-pyrrole nitrogens is 1. The second-order valence-electron chi connectivity index (χ2n) is 4.18. The molecule has 0 saturated heterocycles. The zero-order chi connectivity index (χ0) is 13.6. The summed E-state index contributed by atoms with van der Waals surface area (Å²) in [5.41, 5.74) is 0.681. The third-order valence-electron chi connectivity index (χ3n) is 2.74. The lowest BCUT2D eigenvalue weighted by Gasteiger charge is -2.16. The highest BCUT2D eigenvalue weighted by atomic mass is 32.2. The van der Waals surface area contributed by atoms with Crippen LogP contribution in [0.4, 0.5) is 0 Å². The van der Waals surface area contributed by atoms with Gasteiger partial charge < -0.3 is 5.32 Å². The van der Waals surface area contributed by atoms with Gasteiger partial charge in [-0.15, -0.1) is 0 Å². The van der Waals surface area contributed by atoms with E-state index in [0.29, 0.717) is 18.7 Å². The van der Waals surface area contributed by atoms with E-state index in [4.69, 9.17) is 0 Å². The van der Waals surface area contributed by atoms with Gasteiger partial charge in [0.25, 0.3) is 10.0 Å². The summed E-state index contributed by atoms with van der Waals surface area (Å²) < 4.78 is 26.0. The Hall–Kier alpha value is -0.920. The summed E-state index contributed by atoms with van der Waals surface area (Å²) in [6.07, 6.45) is 3.38. The van der Waals surface area contributed by atoms with E-state index < -0.39 is 10.0 Å². The summed E-state index contributed by atoms with van der Waals surface area (Å²) in [5.74, 6) is 0. The number of nitrogens with zero attached hydrogens (tertiary/aromatic N) is 2. The molecular weight excluding hydrogens is 252 g/mol. The van der Waals surface area contributed by atoms with Crippen molar-refractivity contribution in [3.8, 4) is 0 Å². The Bertz CT molecular complexity index is 455. The first-order valence-corrected chi connectivity index (χ1v) is 7.67. The van der Waals surface area contributed by atoms with E-state index >= 15 is 0 Å². The Labute approximate surface area is 109 Å². The Kier molecular flexibility index (Phi) is 5.77. The molecule has 0 aromatic carbocycles. The molecule has 0 fully saturated rings. The molecule has 6 nitrogen and oxygen atoms in total. The molecule has 7 heteroatoms. The predicted octanol–water partition coefficient (Wildman–Crippen LogP) is 0.940. The van der Waals surface area contributed by atoms with Gasteiger partial charge in [-0.05, 0) is 13.0 Å². The molecule has 1 aromatic rings. The van der Waals surface area contributed by atoms with Crippen molar-refractivity contribution in [3.05, 3.63) is 11.8 Å². The number of hydrogen-bond donors (Lipinski definition) is 2. The maximum atomic E-state index is 12.3. The van der Waals surface area contributed by atoms with Crippen LogP contribution in [0.3, 0.4) is 0 Å². The third-order valence-corrected chi connectivity index (χ3v) is 4.61. The second kappa shape index (κ2) is 6.86. The molecule has 0 aliphatic carbocycles. The zero-order valence-electron chi connectivity index (χ0n) is 11.2. The van der Waals surface area contributed by atoms with Crippen molar-refractivity contribution in [2.24, 2.45) is 0 Å². The molecule has 1 heterocycles. The van der Waals surface area contributed by atoms with Crippen LogP contribution in [-0.2, 0) is 16.6 Å². The predicted molar refractivity (Wildman–Crippen MR) is 70.7 cm³/mol. The highest BCUT2D eigenvalue weighted by Crippen LogP contribution is 2.16. The summed E-state index contributed by atoms with van der Waals surface area (Å²) >= 11 is 0. The first-order chi connectivity index (χ1) is 8.54. The number of aromatic amines is 1. The van der Waals surface area contributed by atoms with E-state index in [1.54, 1.807) is 13.2 Å². The summed E-state index contributed by atoms with van der Waals surface area (Å²) in [7, 11) is -1.85. The first-order valence-electron chi connectivity index (χ1n) is 6.23. The van der Waals surface area contributed by atoms with Gasteiger partial charge in [-0.2, -0.15) is 9.40 Å². The average Bonchev–Trinajstić information content (AvgIpc) is 2.82. The molecule has 0 unspecified atom stereocenters. The van der Waals surface area contributed by atoms with Crippen LogP contribution >= 0.6 is 0 Å². The van der Waals surface area contributed by atoms with Crippen LogP contribution in [0.25, 0.3) is 0 Å². The summed E-state index contributed by atoms with van der Waals surface area (Å²) in [6, 6.07) is 0. The van der Waals surface area contributed by atoms with E-state index in [0.717, 1.165) is 19.4 Å². The molecule has 18 heavy (non-hydrogen) atoms. The van der Waals surface area contributed by atoms with Crippen molar-refractivity contribution in [2.75, 3.05) is 20.1 Å². The van der Waals surface area contributed by atoms with Crippen molar-refractivity contribution >= 4 is 10.0 Å². The number of rotatable bonds is 8. The van der Waals surface area contributed by atoms with Gasteiger partial charge in [-0.1, -0.05) is 20.3 Å². The normalized spacial score (nSPS) is 12.2. The number of aromatic nitrogens is 2. The quantitative estimate of drug-likeness (QED) is 0.739. The van der Waals surface area contributed by atoms with Gasteiger partial charge in [-0.3, -0.25) is 5.10 Å². The lowest BCUT2D eigenvalue weighted by molar-refractivity contribution is 0.455. The molecule has 1 rings (SSSR count).